The fourth-order valence-corrected chi connectivity index (χ4v) is 2.60. The Morgan fingerprint density at radius 3 is 2.72 bits per heavy atom. The van der Waals surface area contributed by atoms with Crippen molar-refractivity contribution in [2.24, 2.45) is 5.16 Å². The lowest BCUT2D eigenvalue weighted by Gasteiger charge is -2.16. The molecule has 0 radical (unpaired) electrons. The molecule has 0 saturated carbocycles. The van der Waals surface area contributed by atoms with E-state index >= 15 is 0 Å². The zero-order valence-corrected chi connectivity index (χ0v) is 13.3. The summed E-state index contributed by atoms with van der Waals surface area (Å²) in [6.07, 6.45) is 2.23. The minimum atomic E-state index is -2.86. The van der Waals surface area contributed by atoms with Crippen LogP contribution in [0.2, 0.25) is 0 Å². The second-order valence-corrected chi connectivity index (χ2v) is 5.38. The number of rotatable bonds is 6. The van der Waals surface area contributed by atoms with Crippen molar-refractivity contribution in [2.75, 3.05) is 18.1 Å². The van der Waals surface area contributed by atoms with E-state index in [9.17, 15) is 13.6 Å². The molecule has 0 bridgehead atoms. The van der Waals surface area contributed by atoms with Crippen LogP contribution in [0.15, 0.2) is 53.7 Å². The molecule has 1 amide bonds. The van der Waals surface area contributed by atoms with Gasteiger partial charge in [-0.1, -0.05) is 23.4 Å². The highest BCUT2D eigenvalue weighted by atomic mass is 19.3. The Bertz CT molecular complexity index is 763. The molecule has 1 heterocycles. The van der Waals surface area contributed by atoms with Crippen molar-refractivity contribution in [3.63, 3.8) is 0 Å². The van der Waals surface area contributed by atoms with Gasteiger partial charge in [0.15, 0.2) is 6.61 Å². The highest BCUT2D eigenvalue weighted by Crippen LogP contribution is 2.27. The summed E-state index contributed by atoms with van der Waals surface area (Å²) in [5, 5.41) is 3.74. The molecule has 2 aromatic carbocycles. The molecule has 0 aromatic heterocycles. The molecule has 0 atom stereocenters. The molecule has 5 nitrogen and oxygen atoms in total. The quantitative estimate of drug-likeness (QED) is 0.596. The number of halogens is 2. The maximum absolute atomic E-state index is 12.2. The van der Waals surface area contributed by atoms with E-state index < -0.39 is 6.61 Å². The van der Waals surface area contributed by atoms with Crippen LogP contribution < -0.4 is 9.64 Å². The summed E-state index contributed by atoms with van der Waals surface area (Å²) in [5.74, 6) is -0.0984. The van der Waals surface area contributed by atoms with E-state index in [1.54, 1.807) is 17.0 Å². The van der Waals surface area contributed by atoms with E-state index in [1.807, 2.05) is 24.3 Å². The van der Waals surface area contributed by atoms with Crippen LogP contribution in [0.5, 0.6) is 5.75 Å². The summed E-state index contributed by atoms with van der Waals surface area (Å²) < 4.78 is 28.4. The number of alkyl halides is 2. The molecule has 0 N–H and O–H groups in total. The van der Waals surface area contributed by atoms with Crippen LogP contribution >= 0.6 is 0 Å². The number of amides is 1. The number of anilines is 1. The number of para-hydroxylation sites is 1. The van der Waals surface area contributed by atoms with Crippen molar-refractivity contribution in [3.05, 3.63) is 59.7 Å². The Balaban J connectivity index is 1.49. The van der Waals surface area contributed by atoms with Crippen molar-refractivity contribution in [1.82, 2.24) is 0 Å². The molecule has 2 aromatic rings. The van der Waals surface area contributed by atoms with E-state index in [-0.39, 0.29) is 18.3 Å². The number of carbonyl (C=O) groups excluding carboxylic acids is 1. The average Bonchev–Trinajstić information content (AvgIpc) is 3.03. The zero-order chi connectivity index (χ0) is 17.6. The molecule has 7 heteroatoms. The highest BCUT2D eigenvalue weighted by Gasteiger charge is 2.24. The van der Waals surface area contributed by atoms with Crippen molar-refractivity contribution >= 4 is 17.8 Å². The first kappa shape index (κ1) is 16.9. The van der Waals surface area contributed by atoms with Gasteiger partial charge in [0.05, 0.1) is 6.21 Å². The summed E-state index contributed by atoms with van der Waals surface area (Å²) in [7, 11) is 0. The Hall–Kier alpha value is -2.96. The van der Waals surface area contributed by atoms with Gasteiger partial charge in [0.2, 0.25) is 0 Å². The first-order valence-corrected chi connectivity index (χ1v) is 7.72. The number of carbonyl (C=O) groups is 1. The third-order valence-electron chi connectivity index (χ3n) is 3.76. The van der Waals surface area contributed by atoms with Gasteiger partial charge in [-0.25, -0.2) is 0 Å². The van der Waals surface area contributed by atoms with E-state index in [4.69, 9.17) is 4.84 Å². The first-order chi connectivity index (χ1) is 12.1. The molecule has 3 rings (SSSR count). The second kappa shape index (κ2) is 7.74. The van der Waals surface area contributed by atoms with Gasteiger partial charge < -0.3 is 14.5 Å². The van der Waals surface area contributed by atoms with E-state index in [0.29, 0.717) is 12.1 Å². The van der Waals surface area contributed by atoms with E-state index in [2.05, 4.69) is 9.89 Å². The smallest absolute Gasteiger partial charge is 0.387 e. The summed E-state index contributed by atoms with van der Waals surface area (Å²) in [6, 6.07) is 13.7. The van der Waals surface area contributed by atoms with Crippen LogP contribution in [0.3, 0.4) is 0 Å². The number of oxime groups is 1. The van der Waals surface area contributed by atoms with Crippen LogP contribution in [-0.4, -0.2) is 31.9 Å². The molecular formula is C18H16F2N2O3. The Morgan fingerprint density at radius 2 is 1.96 bits per heavy atom. The molecule has 1 aliphatic rings. The minimum Gasteiger partial charge on any atom is -0.435 e. The fraction of sp³-hybridized carbons (Fsp3) is 0.222. The number of ether oxygens (including phenoxy) is 1. The van der Waals surface area contributed by atoms with Crippen molar-refractivity contribution in [2.45, 2.75) is 13.0 Å². The van der Waals surface area contributed by atoms with Crippen LogP contribution in [0.25, 0.3) is 0 Å². The predicted molar refractivity (Wildman–Crippen MR) is 89.1 cm³/mol. The normalized spacial score (nSPS) is 13.3. The number of fused-ring (bicyclic) bond motifs is 1. The van der Waals surface area contributed by atoms with Gasteiger partial charge in [0.25, 0.3) is 5.91 Å². The van der Waals surface area contributed by atoms with Crippen molar-refractivity contribution in [1.29, 1.82) is 0 Å². The molecule has 0 spiro atoms. The van der Waals surface area contributed by atoms with Gasteiger partial charge >= 0.3 is 6.61 Å². The molecular weight excluding hydrogens is 330 g/mol. The third kappa shape index (κ3) is 4.32. The average molecular weight is 346 g/mol. The van der Waals surface area contributed by atoms with Gasteiger partial charge in [-0.2, -0.15) is 8.78 Å². The zero-order valence-electron chi connectivity index (χ0n) is 13.3. The molecule has 0 saturated heterocycles. The Kier molecular flexibility index (Phi) is 5.23. The van der Waals surface area contributed by atoms with Crippen LogP contribution in [0, 0.1) is 0 Å². The Morgan fingerprint density at radius 1 is 1.20 bits per heavy atom. The van der Waals surface area contributed by atoms with Gasteiger partial charge in [-0.05, 0) is 47.9 Å². The minimum absolute atomic E-state index is 0.0657. The lowest BCUT2D eigenvalue weighted by atomic mass is 10.2. The highest BCUT2D eigenvalue weighted by molar-refractivity contribution is 5.96. The number of benzene rings is 2. The molecule has 1 aliphatic heterocycles. The summed E-state index contributed by atoms with van der Waals surface area (Å²) in [6.45, 7) is -2.39. The van der Waals surface area contributed by atoms with Gasteiger partial charge in [0.1, 0.15) is 5.75 Å². The lowest BCUT2D eigenvalue weighted by molar-refractivity contribution is -0.122. The van der Waals surface area contributed by atoms with Gasteiger partial charge in [-0.15, -0.1) is 0 Å². The monoisotopic (exact) mass is 346 g/mol. The SMILES string of the molecule is O=C(CON=Cc1ccc(OC(F)F)cc1)N1CCc2ccccc21. The fourth-order valence-electron chi connectivity index (χ4n) is 2.60. The third-order valence-corrected chi connectivity index (χ3v) is 3.76. The van der Waals surface area contributed by atoms with Crippen LogP contribution in [0.1, 0.15) is 11.1 Å². The second-order valence-electron chi connectivity index (χ2n) is 5.38. The van der Waals surface area contributed by atoms with E-state index in [1.165, 1.54) is 18.3 Å². The summed E-state index contributed by atoms with van der Waals surface area (Å²) >= 11 is 0. The standard InChI is InChI=1S/C18H16F2N2O3/c19-18(20)25-15-7-5-13(6-8-15)11-21-24-12-17(23)22-10-9-14-3-1-2-4-16(14)22/h1-8,11,18H,9-10,12H2. The largest absolute Gasteiger partial charge is 0.435 e. The molecule has 0 unspecified atom stereocenters. The number of hydrogen-bond donors (Lipinski definition) is 0. The maximum Gasteiger partial charge on any atom is 0.387 e. The van der Waals surface area contributed by atoms with Gasteiger partial charge in [-0.3, -0.25) is 4.79 Å². The van der Waals surface area contributed by atoms with Crippen molar-refractivity contribution < 1.29 is 23.1 Å². The number of nitrogens with zero attached hydrogens (tertiary/aromatic N) is 2. The molecule has 0 aliphatic carbocycles. The summed E-state index contributed by atoms with van der Waals surface area (Å²) in [4.78, 5) is 18.9. The molecule has 130 valence electrons. The molecule has 25 heavy (non-hydrogen) atoms. The van der Waals surface area contributed by atoms with Gasteiger partial charge in [0, 0.05) is 12.2 Å². The number of hydrogen-bond acceptors (Lipinski definition) is 4. The lowest BCUT2D eigenvalue weighted by Crippen LogP contribution is -2.31. The predicted octanol–water partition coefficient (Wildman–Crippen LogP) is 3.23. The van der Waals surface area contributed by atoms with E-state index in [0.717, 1.165) is 17.7 Å². The van der Waals surface area contributed by atoms with Crippen LogP contribution in [0.4, 0.5) is 14.5 Å². The summed E-state index contributed by atoms with van der Waals surface area (Å²) in [5.41, 5.74) is 2.70. The maximum atomic E-state index is 12.2. The topological polar surface area (TPSA) is 51.1 Å². The first-order valence-electron chi connectivity index (χ1n) is 7.72. The van der Waals surface area contributed by atoms with Crippen LogP contribution in [-0.2, 0) is 16.1 Å². The Labute approximate surface area is 143 Å². The molecule has 0 fully saturated rings. The van der Waals surface area contributed by atoms with Crippen molar-refractivity contribution in [3.8, 4) is 5.75 Å².